The van der Waals surface area contributed by atoms with Crippen molar-refractivity contribution in [2.75, 3.05) is 6.54 Å². The van der Waals surface area contributed by atoms with Gasteiger partial charge < -0.3 is 20.7 Å². The Morgan fingerprint density at radius 1 is 1.19 bits per heavy atom. The number of carbonyl (C=O) groups is 1. The van der Waals surface area contributed by atoms with Gasteiger partial charge in [0.1, 0.15) is 22.2 Å². The van der Waals surface area contributed by atoms with E-state index in [4.69, 9.17) is 21.0 Å². The van der Waals surface area contributed by atoms with Crippen molar-refractivity contribution >= 4 is 34.2 Å². The first-order valence-corrected chi connectivity index (χ1v) is 11.1. The number of nitrogens with one attached hydrogen (secondary N) is 2. The number of amidine groups is 1. The summed E-state index contributed by atoms with van der Waals surface area (Å²) in [6.07, 6.45) is -0.837. The van der Waals surface area contributed by atoms with Gasteiger partial charge in [0.2, 0.25) is 10.0 Å². The molecule has 0 amide bonds. The predicted molar refractivity (Wildman–Crippen MR) is 124 cm³/mol. The van der Waals surface area contributed by atoms with Gasteiger partial charge in [-0.3, -0.25) is 5.41 Å². The summed E-state index contributed by atoms with van der Waals surface area (Å²) in [4.78, 5) is 10.8. The number of hydrogen-bond acceptors (Lipinski definition) is 6. The number of nitrogen functional groups attached to an aromatic ring is 1. The van der Waals surface area contributed by atoms with E-state index in [-0.39, 0.29) is 47.6 Å². The molecule has 11 heteroatoms. The summed E-state index contributed by atoms with van der Waals surface area (Å²) in [5.41, 5.74) is 7.16. The molecule has 2 rings (SSSR count). The van der Waals surface area contributed by atoms with Crippen LogP contribution in [0.5, 0.6) is 11.5 Å². The highest BCUT2D eigenvalue weighted by Gasteiger charge is 2.21. The highest BCUT2D eigenvalue weighted by atomic mass is 35.5. The lowest BCUT2D eigenvalue weighted by Gasteiger charge is -2.17. The number of aromatic hydroxyl groups is 1. The third kappa shape index (κ3) is 6.84. The van der Waals surface area contributed by atoms with Gasteiger partial charge in [0.05, 0.1) is 0 Å². The number of ether oxygens (including phenoxy) is 1. The molecule has 0 fully saturated rings. The van der Waals surface area contributed by atoms with E-state index in [2.05, 4.69) is 4.72 Å². The smallest absolute Gasteiger partial charge is 0.344 e. The molecular formula is C21H28ClN3O6S. The van der Waals surface area contributed by atoms with Crippen LogP contribution in [0.1, 0.15) is 43.4 Å². The number of carboxylic acid groups (broad SMARTS) is 1. The van der Waals surface area contributed by atoms with Gasteiger partial charge in [0.25, 0.3) is 0 Å². The summed E-state index contributed by atoms with van der Waals surface area (Å²) in [5, 5.41) is 26.5. The summed E-state index contributed by atoms with van der Waals surface area (Å²) in [7, 11) is -4.08. The molecule has 0 aliphatic carbocycles. The number of phenols is 1. The van der Waals surface area contributed by atoms with Gasteiger partial charge >= 0.3 is 5.97 Å². The zero-order chi connectivity index (χ0) is 23.3. The van der Waals surface area contributed by atoms with Crippen molar-refractivity contribution in [2.45, 2.75) is 44.1 Å². The minimum absolute atomic E-state index is 0. The van der Waals surface area contributed by atoms with Gasteiger partial charge in [0.15, 0.2) is 6.10 Å². The first kappa shape index (κ1) is 27.2. The number of sulfonamides is 1. The Kier molecular flexibility index (Phi) is 9.50. The van der Waals surface area contributed by atoms with Crippen molar-refractivity contribution < 1.29 is 28.2 Å². The second-order valence-electron chi connectivity index (χ2n) is 7.36. The Balaban J connectivity index is 0.00000512. The summed E-state index contributed by atoms with van der Waals surface area (Å²) in [5.74, 6) is -1.31. The maximum Gasteiger partial charge on any atom is 0.344 e. The highest BCUT2D eigenvalue weighted by Crippen LogP contribution is 2.27. The van der Waals surface area contributed by atoms with Crippen LogP contribution >= 0.6 is 12.4 Å². The number of phenolic OH excluding ortho intramolecular Hbond substituents is 1. The Hall–Kier alpha value is -2.82. The summed E-state index contributed by atoms with van der Waals surface area (Å²) >= 11 is 0. The highest BCUT2D eigenvalue weighted by molar-refractivity contribution is 7.89. The van der Waals surface area contributed by atoms with Crippen LogP contribution < -0.4 is 15.2 Å². The normalized spacial score (nSPS) is 12.1. The fraction of sp³-hybridized carbons (Fsp3) is 0.333. The lowest BCUT2D eigenvalue weighted by molar-refractivity contribution is -0.144. The van der Waals surface area contributed by atoms with Crippen LogP contribution in [0.4, 0.5) is 0 Å². The molecule has 0 aliphatic rings. The van der Waals surface area contributed by atoms with Crippen molar-refractivity contribution in [1.82, 2.24) is 4.72 Å². The zero-order valence-electron chi connectivity index (χ0n) is 18.0. The van der Waals surface area contributed by atoms with E-state index in [1.165, 1.54) is 13.0 Å². The second-order valence-corrected chi connectivity index (χ2v) is 9.10. The van der Waals surface area contributed by atoms with Crippen molar-refractivity contribution in [3.05, 3.63) is 53.1 Å². The van der Waals surface area contributed by atoms with Gasteiger partial charge in [-0.1, -0.05) is 26.0 Å². The van der Waals surface area contributed by atoms with Crippen LogP contribution in [0.15, 0.2) is 41.3 Å². The molecule has 0 saturated carbocycles. The molecule has 0 heterocycles. The molecule has 0 bridgehead atoms. The quantitative estimate of drug-likeness (QED) is 0.255. The number of aliphatic carboxylic acids is 1. The predicted octanol–water partition coefficient (Wildman–Crippen LogP) is 2.59. The van der Waals surface area contributed by atoms with Gasteiger partial charge in [-0.2, -0.15) is 0 Å². The van der Waals surface area contributed by atoms with E-state index in [9.17, 15) is 18.3 Å². The van der Waals surface area contributed by atoms with Crippen LogP contribution in [-0.4, -0.2) is 43.1 Å². The molecule has 1 atom stereocenters. The lowest BCUT2D eigenvalue weighted by atomic mass is 10.00. The average Bonchev–Trinajstić information content (AvgIpc) is 2.68. The fourth-order valence-electron chi connectivity index (χ4n) is 2.78. The van der Waals surface area contributed by atoms with Gasteiger partial charge in [0, 0.05) is 12.1 Å². The molecule has 6 N–H and O–H groups in total. The number of rotatable bonds is 10. The molecule has 0 aliphatic heterocycles. The van der Waals surface area contributed by atoms with Crippen LogP contribution in [0.2, 0.25) is 0 Å². The minimum Gasteiger partial charge on any atom is -0.507 e. The van der Waals surface area contributed by atoms with Crippen LogP contribution in [0.3, 0.4) is 0 Å². The van der Waals surface area contributed by atoms with Gasteiger partial charge in [-0.15, -0.1) is 12.4 Å². The fourth-order valence-corrected chi connectivity index (χ4v) is 3.93. The topological polar surface area (TPSA) is 163 Å². The van der Waals surface area contributed by atoms with Crippen molar-refractivity contribution in [1.29, 1.82) is 5.41 Å². The van der Waals surface area contributed by atoms with Gasteiger partial charge in [-0.05, 0) is 54.7 Å². The van der Waals surface area contributed by atoms with Gasteiger partial charge in [-0.25, -0.2) is 17.9 Å². The molecule has 0 spiro atoms. The van der Waals surface area contributed by atoms with Crippen LogP contribution in [-0.2, 0) is 21.2 Å². The zero-order valence-corrected chi connectivity index (χ0v) is 19.6. The Bertz CT molecular complexity index is 1090. The summed E-state index contributed by atoms with van der Waals surface area (Å²) in [6.45, 7) is 5.39. The molecule has 0 saturated heterocycles. The number of benzene rings is 2. The number of halogens is 1. The molecule has 9 nitrogen and oxygen atoms in total. The molecule has 2 aromatic carbocycles. The monoisotopic (exact) mass is 485 g/mol. The van der Waals surface area contributed by atoms with E-state index >= 15 is 0 Å². The largest absolute Gasteiger partial charge is 0.507 e. The van der Waals surface area contributed by atoms with Crippen LogP contribution in [0.25, 0.3) is 0 Å². The van der Waals surface area contributed by atoms with E-state index < -0.39 is 27.8 Å². The van der Waals surface area contributed by atoms with E-state index in [1.54, 1.807) is 12.1 Å². The third-order valence-corrected chi connectivity index (χ3v) is 6.15. The molecule has 32 heavy (non-hydrogen) atoms. The lowest BCUT2D eigenvalue weighted by Crippen LogP contribution is -2.27. The summed E-state index contributed by atoms with van der Waals surface area (Å²) in [6, 6.07) is 9.06. The van der Waals surface area contributed by atoms with E-state index in [0.29, 0.717) is 11.3 Å². The second kappa shape index (κ2) is 11.2. The average molecular weight is 486 g/mol. The number of carboxylic acids is 1. The molecule has 2 aromatic rings. The minimum atomic E-state index is -4.08. The standard InChI is InChI=1S/C21H27N3O6S.ClH/c1-12(2)15-5-4-14(18(10-15)30-13(3)21(26)27)8-9-24-31(28,29)19-11-16(20(22)23)6-7-17(19)25;/h4-7,10-13,24-25H,8-9H2,1-3H3,(H3,22,23)(H,26,27);1H. The first-order valence-electron chi connectivity index (χ1n) is 9.61. The maximum absolute atomic E-state index is 12.6. The molecular weight excluding hydrogens is 458 g/mol. The van der Waals surface area contributed by atoms with Crippen molar-refractivity contribution in [2.24, 2.45) is 5.73 Å². The third-order valence-electron chi connectivity index (χ3n) is 4.66. The van der Waals surface area contributed by atoms with Crippen LogP contribution in [0, 0.1) is 5.41 Å². The first-order chi connectivity index (χ1) is 14.4. The Labute approximate surface area is 193 Å². The molecule has 0 aromatic heterocycles. The molecule has 176 valence electrons. The van der Waals surface area contributed by atoms with Crippen molar-refractivity contribution in [3.63, 3.8) is 0 Å². The number of hydrogen-bond donors (Lipinski definition) is 5. The molecule has 0 radical (unpaired) electrons. The summed E-state index contributed by atoms with van der Waals surface area (Å²) < 4.78 is 33.2. The number of nitrogens with two attached hydrogens (primary N) is 1. The van der Waals surface area contributed by atoms with E-state index in [1.807, 2.05) is 19.9 Å². The van der Waals surface area contributed by atoms with E-state index in [0.717, 1.165) is 17.7 Å². The molecule has 1 unspecified atom stereocenters. The van der Waals surface area contributed by atoms with Crippen molar-refractivity contribution in [3.8, 4) is 11.5 Å². The Morgan fingerprint density at radius 3 is 2.41 bits per heavy atom. The maximum atomic E-state index is 12.6. The Morgan fingerprint density at radius 2 is 1.84 bits per heavy atom. The SMILES string of the molecule is CC(Oc1cc(C(C)C)ccc1CCNS(=O)(=O)c1cc(C(=N)N)ccc1O)C(=O)O.Cl.